The van der Waals surface area contributed by atoms with Crippen molar-refractivity contribution >= 4 is 21.8 Å². The number of rotatable bonds is 14. The van der Waals surface area contributed by atoms with Gasteiger partial charge in [-0.25, -0.2) is 17.5 Å². The zero-order valence-corrected chi connectivity index (χ0v) is 23.1. The number of aryl methyl sites for hydroxylation is 1. The molecule has 0 spiro atoms. The average Bonchev–Trinajstić information content (AvgIpc) is 3.77. The van der Waals surface area contributed by atoms with Gasteiger partial charge < -0.3 is 10.2 Å². The van der Waals surface area contributed by atoms with E-state index in [1.165, 1.54) is 17.0 Å². The van der Waals surface area contributed by atoms with E-state index in [1.54, 1.807) is 42.5 Å². The minimum Gasteiger partial charge on any atom is -0.351 e. The van der Waals surface area contributed by atoms with E-state index in [9.17, 15) is 22.4 Å². The second-order valence-electron chi connectivity index (χ2n) is 9.93. The predicted octanol–water partition coefficient (Wildman–Crippen LogP) is 4.14. The summed E-state index contributed by atoms with van der Waals surface area (Å²) in [6.45, 7) is 4.05. The van der Waals surface area contributed by atoms with Gasteiger partial charge in [0.1, 0.15) is 11.9 Å². The predicted molar refractivity (Wildman–Crippen MR) is 152 cm³/mol. The standard InChI is InChI=1S/C31H34FN3O4S/c1-2-20-33-31(37)29(21-24-6-4-3-5-7-24)35(22-25-8-13-26(32)14-9-25)30(36)19-12-23-10-17-28(18-11-23)40(38,39)34-27-15-16-27/h2-11,13-14,17-18,27,29,34H,1,12,15-16,19-22H2,(H,33,37)/t29-/m0/s1. The Balaban J connectivity index is 1.53. The number of halogens is 1. The monoisotopic (exact) mass is 563 g/mol. The fraction of sp³-hybridized carbons (Fsp3) is 0.290. The molecular formula is C31H34FN3O4S. The van der Waals surface area contributed by atoms with Crippen molar-refractivity contribution in [3.8, 4) is 0 Å². The van der Waals surface area contributed by atoms with Crippen LogP contribution in [0, 0.1) is 5.82 Å². The first-order chi connectivity index (χ1) is 19.2. The van der Waals surface area contributed by atoms with Gasteiger partial charge >= 0.3 is 0 Å². The Morgan fingerprint density at radius 1 is 0.950 bits per heavy atom. The molecule has 0 aromatic heterocycles. The highest BCUT2D eigenvalue weighted by molar-refractivity contribution is 7.89. The minimum atomic E-state index is -3.56. The first-order valence-corrected chi connectivity index (χ1v) is 14.8. The molecule has 2 amide bonds. The Hall–Kier alpha value is -3.82. The first kappa shape index (κ1) is 29.2. The van der Waals surface area contributed by atoms with Crippen LogP contribution in [-0.4, -0.2) is 43.8 Å². The molecular weight excluding hydrogens is 529 g/mol. The normalized spacial score (nSPS) is 13.8. The van der Waals surface area contributed by atoms with E-state index in [4.69, 9.17) is 0 Å². The molecule has 2 N–H and O–H groups in total. The Morgan fingerprint density at radius 2 is 1.60 bits per heavy atom. The van der Waals surface area contributed by atoms with Crippen molar-refractivity contribution in [1.82, 2.24) is 14.9 Å². The van der Waals surface area contributed by atoms with Crippen molar-refractivity contribution in [2.24, 2.45) is 0 Å². The minimum absolute atomic E-state index is 0.0156. The van der Waals surface area contributed by atoms with Crippen molar-refractivity contribution in [1.29, 1.82) is 0 Å². The Morgan fingerprint density at radius 3 is 2.23 bits per heavy atom. The molecule has 1 atom stereocenters. The molecule has 0 aliphatic heterocycles. The average molecular weight is 564 g/mol. The smallest absolute Gasteiger partial charge is 0.243 e. The van der Waals surface area contributed by atoms with E-state index in [1.807, 2.05) is 30.3 Å². The van der Waals surface area contributed by atoms with Crippen LogP contribution in [0.2, 0.25) is 0 Å². The van der Waals surface area contributed by atoms with Crippen LogP contribution in [-0.2, 0) is 39.0 Å². The zero-order valence-electron chi connectivity index (χ0n) is 22.3. The van der Waals surface area contributed by atoms with Gasteiger partial charge in [-0.2, -0.15) is 0 Å². The van der Waals surface area contributed by atoms with Gasteiger partial charge in [0.05, 0.1) is 4.90 Å². The van der Waals surface area contributed by atoms with E-state index < -0.39 is 16.1 Å². The van der Waals surface area contributed by atoms with E-state index >= 15 is 0 Å². The van der Waals surface area contributed by atoms with E-state index in [0.717, 1.165) is 24.0 Å². The van der Waals surface area contributed by atoms with Gasteiger partial charge in [-0.1, -0.05) is 60.7 Å². The molecule has 0 unspecified atom stereocenters. The molecule has 1 aliphatic carbocycles. The Labute approximate surface area is 235 Å². The van der Waals surface area contributed by atoms with Gasteiger partial charge in [-0.05, 0) is 60.2 Å². The third-order valence-electron chi connectivity index (χ3n) is 6.72. The maximum absolute atomic E-state index is 13.7. The van der Waals surface area contributed by atoms with Crippen LogP contribution < -0.4 is 10.0 Å². The number of amides is 2. The van der Waals surface area contributed by atoms with Crippen LogP contribution in [0.25, 0.3) is 0 Å². The SMILES string of the molecule is C=CCNC(=O)[C@H](Cc1ccccc1)N(Cc1ccc(F)cc1)C(=O)CCc1ccc(S(=O)(=O)NC2CC2)cc1. The van der Waals surface area contributed by atoms with E-state index in [0.29, 0.717) is 18.4 Å². The number of hydrogen-bond acceptors (Lipinski definition) is 4. The lowest BCUT2D eigenvalue weighted by Gasteiger charge is -2.31. The molecule has 0 radical (unpaired) electrons. The van der Waals surface area contributed by atoms with Crippen LogP contribution in [0.3, 0.4) is 0 Å². The third-order valence-corrected chi connectivity index (χ3v) is 8.25. The summed E-state index contributed by atoms with van der Waals surface area (Å²) in [6.07, 6.45) is 4.05. The lowest BCUT2D eigenvalue weighted by molar-refractivity contribution is -0.141. The highest BCUT2D eigenvalue weighted by Gasteiger charge is 2.30. The van der Waals surface area contributed by atoms with Crippen LogP contribution >= 0.6 is 0 Å². The van der Waals surface area contributed by atoms with Crippen LogP contribution in [0.1, 0.15) is 36.0 Å². The fourth-order valence-electron chi connectivity index (χ4n) is 4.35. The lowest BCUT2D eigenvalue weighted by atomic mass is 10.0. The summed E-state index contributed by atoms with van der Waals surface area (Å²) in [5.74, 6) is -0.938. The quantitative estimate of drug-likeness (QED) is 0.288. The second-order valence-corrected chi connectivity index (χ2v) is 11.6. The number of carbonyl (C=O) groups excluding carboxylic acids is 2. The molecule has 0 saturated heterocycles. The van der Waals surface area contributed by atoms with Crippen LogP contribution in [0.15, 0.2) is 96.4 Å². The molecule has 1 aliphatic rings. The summed E-state index contributed by atoms with van der Waals surface area (Å²) < 4.78 is 41.2. The molecule has 9 heteroatoms. The molecule has 3 aromatic rings. The van der Waals surface area contributed by atoms with Gasteiger partial charge in [0.2, 0.25) is 21.8 Å². The molecule has 210 valence electrons. The third kappa shape index (κ3) is 8.34. The second kappa shape index (κ2) is 13.5. The largest absolute Gasteiger partial charge is 0.351 e. The summed E-state index contributed by atoms with van der Waals surface area (Å²) in [7, 11) is -3.56. The lowest BCUT2D eigenvalue weighted by Crippen LogP contribution is -2.50. The number of carbonyl (C=O) groups is 2. The van der Waals surface area contributed by atoms with Gasteiger partial charge in [0, 0.05) is 32.0 Å². The van der Waals surface area contributed by atoms with E-state index in [-0.39, 0.29) is 48.1 Å². The highest BCUT2D eigenvalue weighted by atomic mass is 32.2. The summed E-state index contributed by atoms with van der Waals surface area (Å²) >= 11 is 0. The zero-order chi connectivity index (χ0) is 28.5. The summed E-state index contributed by atoms with van der Waals surface area (Å²) in [4.78, 5) is 28.7. The molecule has 7 nitrogen and oxygen atoms in total. The molecule has 0 bridgehead atoms. The molecule has 4 rings (SSSR count). The van der Waals surface area contributed by atoms with Crippen LogP contribution in [0.4, 0.5) is 4.39 Å². The van der Waals surface area contributed by atoms with Crippen molar-refractivity contribution < 1.29 is 22.4 Å². The van der Waals surface area contributed by atoms with Crippen LogP contribution in [0.5, 0.6) is 0 Å². The number of nitrogens with zero attached hydrogens (tertiary/aromatic N) is 1. The summed E-state index contributed by atoms with van der Waals surface area (Å²) in [6, 6.07) is 21.0. The molecule has 0 heterocycles. The molecule has 1 saturated carbocycles. The fourth-order valence-corrected chi connectivity index (χ4v) is 5.65. The molecule has 1 fully saturated rings. The number of benzene rings is 3. The van der Waals surface area contributed by atoms with Crippen molar-refractivity contribution in [3.63, 3.8) is 0 Å². The first-order valence-electron chi connectivity index (χ1n) is 13.3. The number of nitrogens with one attached hydrogen (secondary N) is 2. The van der Waals surface area contributed by atoms with Gasteiger partial charge in [-0.15, -0.1) is 6.58 Å². The Bertz CT molecular complexity index is 1410. The van der Waals surface area contributed by atoms with Crippen molar-refractivity contribution in [2.75, 3.05) is 6.54 Å². The van der Waals surface area contributed by atoms with Gasteiger partial charge in [-0.3, -0.25) is 9.59 Å². The van der Waals surface area contributed by atoms with Crippen molar-refractivity contribution in [3.05, 3.63) is 114 Å². The summed E-state index contributed by atoms with van der Waals surface area (Å²) in [5.41, 5.74) is 2.40. The maximum Gasteiger partial charge on any atom is 0.243 e. The molecule has 40 heavy (non-hydrogen) atoms. The number of sulfonamides is 1. The van der Waals surface area contributed by atoms with Crippen molar-refractivity contribution in [2.45, 2.75) is 55.6 Å². The maximum atomic E-state index is 13.7. The number of hydrogen-bond donors (Lipinski definition) is 2. The van der Waals surface area contributed by atoms with E-state index in [2.05, 4.69) is 16.6 Å². The summed E-state index contributed by atoms with van der Waals surface area (Å²) in [5, 5.41) is 2.82. The topological polar surface area (TPSA) is 95.6 Å². The molecule has 3 aromatic carbocycles. The highest BCUT2D eigenvalue weighted by Crippen LogP contribution is 2.23. The Kier molecular flexibility index (Phi) is 9.84. The van der Waals surface area contributed by atoms with Gasteiger partial charge in [0.25, 0.3) is 0 Å². The van der Waals surface area contributed by atoms with Gasteiger partial charge in [0.15, 0.2) is 0 Å².